The second kappa shape index (κ2) is 6.78. The van der Waals surface area contributed by atoms with Gasteiger partial charge in [0.15, 0.2) is 11.6 Å². The highest BCUT2D eigenvalue weighted by Gasteiger charge is 2.09. The fraction of sp³-hybridized carbons (Fsp3) is 0.125. The van der Waals surface area contributed by atoms with Gasteiger partial charge in [0.05, 0.1) is 18.1 Å². The van der Waals surface area contributed by atoms with Gasteiger partial charge in [-0.05, 0) is 30.3 Å². The molecule has 24 heavy (non-hydrogen) atoms. The standard InChI is InChI=1S/C16H14N4O4/c1-23-13-7-5-11(6-8-13)16-17-15(18-19-16)10-24-14-4-2-3-12(9-14)20(21)22/h2-9H,10H2,1H3,(H,17,18,19). The Labute approximate surface area is 137 Å². The van der Waals surface area contributed by atoms with Crippen LogP contribution in [0.1, 0.15) is 5.82 Å². The highest BCUT2D eigenvalue weighted by molar-refractivity contribution is 5.55. The molecule has 1 aromatic heterocycles. The molecule has 0 atom stereocenters. The Balaban J connectivity index is 1.67. The predicted octanol–water partition coefficient (Wildman–Crippen LogP) is 2.97. The molecule has 0 fully saturated rings. The molecule has 2 aromatic carbocycles. The second-order valence-electron chi connectivity index (χ2n) is 4.88. The van der Waals surface area contributed by atoms with Gasteiger partial charge in [0, 0.05) is 11.6 Å². The minimum absolute atomic E-state index is 0.0241. The van der Waals surface area contributed by atoms with Crippen LogP contribution in [-0.4, -0.2) is 27.2 Å². The lowest BCUT2D eigenvalue weighted by molar-refractivity contribution is -0.384. The van der Waals surface area contributed by atoms with Crippen molar-refractivity contribution in [2.75, 3.05) is 7.11 Å². The Morgan fingerprint density at radius 3 is 2.67 bits per heavy atom. The summed E-state index contributed by atoms with van der Waals surface area (Å²) in [6.45, 7) is 0.129. The van der Waals surface area contributed by atoms with E-state index in [0.29, 0.717) is 17.4 Å². The van der Waals surface area contributed by atoms with E-state index in [0.717, 1.165) is 11.3 Å². The smallest absolute Gasteiger partial charge is 0.273 e. The number of nitrogens with zero attached hydrogens (tertiary/aromatic N) is 3. The number of nitrogens with one attached hydrogen (secondary N) is 1. The van der Waals surface area contributed by atoms with Gasteiger partial charge < -0.3 is 9.47 Å². The summed E-state index contributed by atoms with van der Waals surface area (Å²) < 4.78 is 10.6. The minimum Gasteiger partial charge on any atom is -0.497 e. The van der Waals surface area contributed by atoms with Gasteiger partial charge in [-0.1, -0.05) is 6.07 Å². The SMILES string of the molecule is COc1ccc(-c2n[nH]c(COc3cccc([N+](=O)[O-])c3)n2)cc1. The Hall–Kier alpha value is -3.42. The third kappa shape index (κ3) is 3.49. The number of non-ortho nitro benzene ring substituents is 1. The van der Waals surface area contributed by atoms with E-state index in [1.165, 1.54) is 12.1 Å². The van der Waals surface area contributed by atoms with Crippen LogP contribution in [0.2, 0.25) is 0 Å². The molecule has 0 bridgehead atoms. The second-order valence-corrected chi connectivity index (χ2v) is 4.88. The van der Waals surface area contributed by atoms with Crippen LogP contribution in [0, 0.1) is 10.1 Å². The predicted molar refractivity (Wildman–Crippen MR) is 85.8 cm³/mol. The lowest BCUT2D eigenvalue weighted by Crippen LogP contribution is -1.98. The largest absolute Gasteiger partial charge is 0.497 e. The molecule has 8 nitrogen and oxygen atoms in total. The number of aromatic amines is 1. The third-order valence-electron chi connectivity index (χ3n) is 3.28. The number of methoxy groups -OCH3 is 1. The first kappa shape index (κ1) is 15.5. The zero-order chi connectivity index (χ0) is 16.9. The molecule has 0 radical (unpaired) electrons. The van der Waals surface area contributed by atoms with Crippen molar-refractivity contribution >= 4 is 5.69 Å². The maximum atomic E-state index is 10.7. The van der Waals surface area contributed by atoms with E-state index < -0.39 is 4.92 Å². The maximum Gasteiger partial charge on any atom is 0.273 e. The molecule has 0 spiro atoms. The summed E-state index contributed by atoms with van der Waals surface area (Å²) in [5, 5.41) is 17.7. The van der Waals surface area contributed by atoms with Crippen LogP contribution < -0.4 is 9.47 Å². The first-order chi connectivity index (χ1) is 11.7. The fourth-order valence-corrected chi connectivity index (χ4v) is 2.07. The summed E-state index contributed by atoms with van der Waals surface area (Å²) in [6, 6.07) is 13.3. The number of ether oxygens (including phenoxy) is 2. The summed E-state index contributed by atoms with van der Waals surface area (Å²) in [7, 11) is 1.60. The number of hydrogen-bond acceptors (Lipinski definition) is 6. The normalized spacial score (nSPS) is 10.4. The Morgan fingerprint density at radius 2 is 1.96 bits per heavy atom. The minimum atomic E-state index is -0.469. The first-order valence-electron chi connectivity index (χ1n) is 7.08. The first-order valence-corrected chi connectivity index (χ1v) is 7.08. The number of nitro benzene ring substituents is 1. The van der Waals surface area contributed by atoms with Crippen LogP contribution in [0.25, 0.3) is 11.4 Å². The molecule has 3 rings (SSSR count). The van der Waals surface area contributed by atoms with Crippen molar-refractivity contribution in [3.63, 3.8) is 0 Å². The maximum absolute atomic E-state index is 10.7. The molecule has 0 amide bonds. The van der Waals surface area contributed by atoms with Crippen LogP contribution in [0.5, 0.6) is 11.5 Å². The lowest BCUT2D eigenvalue weighted by Gasteiger charge is -2.03. The number of benzene rings is 2. The molecule has 0 aliphatic heterocycles. The van der Waals surface area contributed by atoms with E-state index in [-0.39, 0.29) is 12.3 Å². The summed E-state index contributed by atoms with van der Waals surface area (Å²) in [5.41, 5.74) is 0.817. The van der Waals surface area contributed by atoms with Gasteiger partial charge in [-0.15, -0.1) is 0 Å². The summed E-state index contributed by atoms with van der Waals surface area (Å²) >= 11 is 0. The lowest BCUT2D eigenvalue weighted by atomic mass is 10.2. The van der Waals surface area contributed by atoms with Crippen molar-refractivity contribution in [2.45, 2.75) is 6.61 Å². The van der Waals surface area contributed by atoms with Crippen molar-refractivity contribution in [1.82, 2.24) is 15.2 Å². The van der Waals surface area contributed by atoms with Crippen LogP contribution in [0.15, 0.2) is 48.5 Å². The molecule has 0 unspecified atom stereocenters. The van der Waals surface area contributed by atoms with E-state index in [1.54, 1.807) is 19.2 Å². The summed E-state index contributed by atoms with van der Waals surface area (Å²) in [6.07, 6.45) is 0. The third-order valence-corrected chi connectivity index (χ3v) is 3.28. The summed E-state index contributed by atoms with van der Waals surface area (Å²) in [5.74, 6) is 2.21. The van der Waals surface area contributed by atoms with Gasteiger partial charge >= 0.3 is 0 Å². The van der Waals surface area contributed by atoms with E-state index in [2.05, 4.69) is 15.2 Å². The molecule has 0 aliphatic carbocycles. The molecule has 0 saturated carbocycles. The van der Waals surface area contributed by atoms with Crippen LogP contribution in [-0.2, 0) is 6.61 Å². The molecule has 3 aromatic rings. The van der Waals surface area contributed by atoms with Crippen molar-refractivity contribution in [2.24, 2.45) is 0 Å². The summed E-state index contributed by atoms with van der Waals surface area (Å²) in [4.78, 5) is 14.6. The number of aromatic nitrogens is 3. The van der Waals surface area contributed by atoms with Gasteiger partial charge in [-0.25, -0.2) is 4.98 Å². The van der Waals surface area contributed by atoms with E-state index in [4.69, 9.17) is 9.47 Å². The monoisotopic (exact) mass is 326 g/mol. The van der Waals surface area contributed by atoms with Gasteiger partial charge in [0.2, 0.25) is 0 Å². The van der Waals surface area contributed by atoms with Crippen molar-refractivity contribution in [1.29, 1.82) is 0 Å². The quantitative estimate of drug-likeness (QED) is 0.552. The average molecular weight is 326 g/mol. The molecule has 8 heteroatoms. The van der Waals surface area contributed by atoms with Gasteiger partial charge in [-0.2, -0.15) is 5.10 Å². The van der Waals surface area contributed by atoms with Crippen LogP contribution in [0.4, 0.5) is 5.69 Å². The molecule has 122 valence electrons. The fourth-order valence-electron chi connectivity index (χ4n) is 2.07. The molecule has 1 N–H and O–H groups in total. The molecule has 0 saturated heterocycles. The Kier molecular flexibility index (Phi) is 4.37. The van der Waals surface area contributed by atoms with Gasteiger partial charge in [0.1, 0.15) is 18.1 Å². The number of nitro groups is 1. The number of H-pyrrole nitrogens is 1. The number of rotatable bonds is 6. The van der Waals surface area contributed by atoms with E-state index >= 15 is 0 Å². The highest BCUT2D eigenvalue weighted by atomic mass is 16.6. The topological polar surface area (TPSA) is 103 Å². The van der Waals surface area contributed by atoms with Gasteiger partial charge in [-0.3, -0.25) is 15.2 Å². The highest BCUT2D eigenvalue weighted by Crippen LogP contribution is 2.21. The van der Waals surface area contributed by atoms with Crippen LogP contribution in [0.3, 0.4) is 0 Å². The van der Waals surface area contributed by atoms with E-state index in [1.807, 2.05) is 24.3 Å². The molecule has 0 aliphatic rings. The molecular weight excluding hydrogens is 312 g/mol. The van der Waals surface area contributed by atoms with Crippen LogP contribution >= 0.6 is 0 Å². The van der Waals surface area contributed by atoms with Crippen molar-refractivity contribution < 1.29 is 14.4 Å². The zero-order valence-corrected chi connectivity index (χ0v) is 12.8. The Morgan fingerprint density at radius 1 is 1.17 bits per heavy atom. The average Bonchev–Trinajstić information content (AvgIpc) is 3.09. The van der Waals surface area contributed by atoms with E-state index in [9.17, 15) is 10.1 Å². The Bertz CT molecular complexity index is 845. The van der Waals surface area contributed by atoms with Gasteiger partial charge in [0.25, 0.3) is 5.69 Å². The number of hydrogen-bond donors (Lipinski definition) is 1. The molecular formula is C16H14N4O4. The zero-order valence-electron chi connectivity index (χ0n) is 12.8. The van der Waals surface area contributed by atoms with Crippen molar-refractivity contribution in [3.8, 4) is 22.9 Å². The van der Waals surface area contributed by atoms with Crippen molar-refractivity contribution in [3.05, 3.63) is 64.5 Å². The molecule has 1 heterocycles.